The number of benzene rings is 4. The first kappa shape index (κ1) is 42.1. The minimum absolute atomic E-state index is 0.202. The normalized spacial score (nSPS) is 10.5. The van der Waals surface area contributed by atoms with E-state index in [-0.39, 0.29) is 25.0 Å². The van der Waals surface area contributed by atoms with Gasteiger partial charge in [-0.1, -0.05) is 72.8 Å². The maximum Gasteiger partial charge on any atom is 0.259 e. The summed E-state index contributed by atoms with van der Waals surface area (Å²) in [7, 11) is 0. The lowest BCUT2D eigenvalue weighted by Gasteiger charge is -2.15. The van der Waals surface area contributed by atoms with Crippen molar-refractivity contribution in [2.75, 3.05) is 10.6 Å². The summed E-state index contributed by atoms with van der Waals surface area (Å²) in [5.41, 5.74) is 8.29. The van der Waals surface area contributed by atoms with Gasteiger partial charge in [0.25, 0.3) is 11.8 Å². The van der Waals surface area contributed by atoms with Crippen LogP contribution in [0.4, 0.5) is 11.4 Å². The van der Waals surface area contributed by atoms with Gasteiger partial charge in [0.05, 0.1) is 47.6 Å². The van der Waals surface area contributed by atoms with Gasteiger partial charge in [0, 0.05) is 42.7 Å². The van der Waals surface area contributed by atoms with E-state index in [9.17, 15) is 19.8 Å². The van der Waals surface area contributed by atoms with Crippen LogP contribution in [0, 0.1) is 0 Å². The first-order valence-electron chi connectivity index (χ1n) is 19.6. The number of aromatic nitrogens is 4. The van der Waals surface area contributed by atoms with E-state index in [1.54, 1.807) is 79.6 Å². The molecule has 0 fully saturated rings. The number of anilines is 2. The summed E-state index contributed by atoms with van der Waals surface area (Å²) in [6.07, 6.45) is 11.5. The standard InChI is InChI=1S/2C25H21N3O3/c29-16-23-22(7-4-12-27-23)28-25(30)21-15-20(19-10-13-26-14-11-19)8-9-24(21)31-17-18-5-2-1-3-6-18;29-16-21-10-13-27-15-23(21)28-25(30)22-14-20(19-8-11-26-12-9-19)6-7-24(22)31-17-18-4-2-1-3-5-18/h2*1-15,29H,16-17H2,(H,28,30). The number of nitrogens with zero attached hydrogens (tertiary/aromatic N) is 4. The predicted octanol–water partition coefficient (Wildman–Crippen LogP) is 8.93. The number of aliphatic hydroxyl groups excluding tert-OH is 2. The van der Waals surface area contributed by atoms with Gasteiger partial charge < -0.3 is 30.3 Å². The molecule has 0 aliphatic carbocycles. The van der Waals surface area contributed by atoms with Crippen molar-refractivity contribution in [2.24, 2.45) is 0 Å². The lowest BCUT2D eigenvalue weighted by Crippen LogP contribution is -2.15. The predicted molar refractivity (Wildman–Crippen MR) is 237 cm³/mol. The fourth-order valence-electron chi connectivity index (χ4n) is 6.32. The molecule has 12 nitrogen and oxygen atoms in total. The highest BCUT2D eigenvalue weighted by molar-refractivity contribution is 6.08. The Bertz CT molecular complexity index is 2520. The summed E-state index contributed by atoms with van der Waals surface area (Å²) in [5, 5.41) is 24.7. The number of carbonyl (C=O) groups is 2. The highest BCUT2D eigenvalue weighted by Gasteiger charge is 2.18. The van der Waals surface area contributed by atoms with Gasteiger partial charge in [0.15, 0.2) is 0 Å². The van der Waals surface area contributed by atoms with Crippen LogP contribution in [0.3, 0.4) is 0 Å². The molecule has 8 aromatic rings. The molecule has 12 heteroatoms. The maximum atomic E-state index is 13.2. The van der Waals surface area contributed by atoms with E-state index < -0.39 is 0 Å². The van der Waals surface area contributed by atoms with Gasteiger partial charge in [-0.15, -0.1) is 0 Å². The summed E-state index contributed by atoms with van der Waals surface area (Å²) < 4.78 is 12.0. The smallest absolute Gasteiger partial charge is 0.259 e. The number of hydrogen-bond donors (Lipinski definition) is 4. The van der Waals surface area contributed by atoms with Gasteiger partial charge in [0.2, 0.25) is 0 Å². The third-order valence-corrected chi connectivity index (χ3v) is 9.57. The molecule has 4 aromatic carbocycles. The Morgan fingerprint density at radius 1 is 0.484 bits per heavy atom. The molecule has 2 amide bonds. The molecule has 4 aromatic heterocycles. The van der Waals surface area contributed by atoms with Crippen molar-refractivity contribution >= 4 is 23.2 Å². The topological polar surface area (TPSA) is 169 Å². The van der Waals surface area contributed by atoms with E-state index in [1.807, 2.05) is 97.1 Å². The van der Waals surface area contributed by atoms with Crippen LogP contribution in [0.15, 0.2) is 183 Å². The number of nitrogens with one attached hydrogen (secondary N) is 2. The van der Waals surface area contributed by atoms with E-state index in [1.165, 1.54) is 6.20 Å². The van der Waals surface area contributed by atoms with Gasteiger partial charge in [-0.2, -0.15) is 0 Å². The molecular formula is C50H42N6O6. The van der Waals surface area contributed by atoms with E-state index in [0.717, 1.165) is 33.4 Å². The number of hydrogen-bond acceptors (Lipinski definition) is 10. The van der Waals surface area contributed by atoms with Crippen LogP contribution < -0.4 is 20.1 Å². The average Bonchev–Trinajstić information content (AvgIpc) is 3.34. The van der Waals surface area contributed by atoms with Gasteiger partial charge in [-0.3, -0.25) is 29.5 Å². The molecule has 0 aliphatic heterocycles. The Morgan fingerprint density at radius 3 is 1.48 bits per heavy atom. The lowest BCUT2D eigenvalue weighted by atomic mass is 10.0. The first-order valence-corrected chi connectivity index (χ1v) is 19.6. The molecular weight excluding hydrogens is 781 g/mol. The van der Waals surface area contributed by atoms with Crippen LogP contribution in [0.25, 0.3) is 22.3 Å². The zero-order chi connectivity index (χ0) is 42.9. The fraction of sp³-hybridized carbons (Fsp3) is 0.0800. The monoisotopic (exact) mass is 822 g/mol. The molecule has 4 heterocycles. The molecule has 0 radical (unpaired) electrons. The molecule has 0 unspecified atom stereocenters. The fourth-order valence-corrected chi connectivity index (χ4v) is 6.32. The van der Waals surface area contributed by atoms with E-state index in [0.29, 0.717) is 58.5 Å². The third-order valence-electron chi connectivity index (χ3n) is 9.57. The van der Waals surface area contributed by atoms with Crippen LogP contribution >= 0.6 is 0 Å². The second-order valence-electron chi connectivity index (χ2n) is 13.7. The molecule has 0 atom stereocenters. The van der Waals surface area contributed by atoms with Crippen molar-refractivity contribution in [1.82, 2.24) is 19.9 Å². The number of rotatable bonds is 14. The number of amides is 2. The molecule has 8 rings (SSSR count). The highest BCUT2D eigenvalue weighted by Crippen LogP contribution is 2.30. The second kappa shape index (κ2) is 21.3. The van der Waals surface area contributed by atoms with Gasteiger partial charge in [-0.05, 0) is 100 Å². The molecule has 308 valence electrons. The summed E-state index contributed by atoms with van der Waals surface area (Å²) in [4.78, 5) is 42.6. The Balaban J connectivity index is 0.000000186. The molecule has 0 saturated carbocycles. The van der Waals surface area contributed by atoms with E-state index in [2.05, 4.69) is 30.6 Å². The van der Waals surface area contributed by atoms with E-state index >= 15 is 0 Å². The molecule has 0 aliphatic rings. The molecule has 0 saturated heterocycles. The quantitative estimate of drug-likeness (QED) is 0.0831. The average molecular weight is 823 g/mol. The van der Waals surface area contributed by atoms with Crippen molar-refractivity contribution in [3.8, 4) is 33.8 Å². The van der Waals surface area contributed by atoms with E-state index in [4.69, 9.17) is 9.47 Å². The molecule has 0 spiro atoms. The minimum Gasteiger partial charge on any atom is -0.488 e. The molecule has 62 heavy (non-hydrogen) atoms. The number of carbonyl (C=O) groups excluding carboxylic acids is 2. The zero-order valence-electron chi connectivity index (χ0n) is 33.5. The molecule has 0 bridgehead atoms. The molecule has 4 N–H and O–H groups in total. The first-order chi connectivity index (χ1) is 30.5. The largest absolute Gasteiger partial charge is 0.488 e. The van der Waals surface area contributed by atoms with Crippen molar-refractivity contribution in [3.63, 3.8) is 0 Å². The van der Waals surface area contributed by atoms with Crippen molar-refractivity contribution < 1.29 is 29.3 Å². The van der Waals surface area contributed by atoms with Crippen LogP contribution in [0.5, 0.6) is 11.5 Å². The third kappa shape index (κ3) is 11.2. The Morgan fingerprint density at radius 2 is 0.984 bits per heavy atom. The SMILES string of the molecule is O=C(Nc1cccnc1CO)c1cc(-c2ccncc2)ccc1OCc1ccccc1.O=C(Nc1cnccc1CO)c1cc(-c2ccncc2)ccc1OCc1ccccc1. The second-order valence-corrected chi connectivity index (χ2v) is 13.7. The maximum absolute atomic E-state index is 13.2. The Hall–Kier alpha value is -8.06. The highest BCUT2D eigenvalue weighted by atomic mass is 16.5. The van der Waals surface area contributed by atoms with Gasteiger partial charge >= 0.3 is 0 Å². The van der Waals surface area contributed by atoms with Crippen LogP contribution in [0.1, 0.15) is 43.1 Å². The van der Waals surface area contributed by atoms with Crippen LogP contribution in [0.2, 0.25) is 0 Å². The summed E-state index contributed by atoms with van der Waals surface area (Å²) in [6.45, 7) is 0.201. The Kier molecular flexibility index (Phi) is 14.4. The van der Waals surface area contributed by atoms with Crippen LogP contribution in [-0.4, -0.2) is 42.0 Å². The number of aliphatic hydroxyl groups is 2. The van der Waals surface area contributed by atoms with Crippen LogP contribution in [-0.2, 0) is 26.4 Å². The van der Waals surface area contributed by atoms with Gasteiger partial charge in [-0.25, -0.2) is 0 Å². The lowest BCUT2D eigenvalue weighted by molar-refractivity contribution is 0.101. The summed E-state index contributed by atoms with van der Waals surface area (Å²) in [6, 6.07) is 43.1. The van der Waals surface area contributed by atoms with Crippen molar-refractivity contribution in [2.45, 2.75) is 26.4 Å². The number of pyridine rings is 4. The van der Waals surface area contributed by atoms with Gasteiger partial charge in [0.1, 0.15) is 24.7 Å². The number of ether oxygens (including phenoxy) is 2. The van der Waals surface area contributed by atoms with Crippen molar-refractivity contribution in [1.29, 1.82) is 0 Å². The summed E-state index contributed by atoms with van der Waals surface area (Å²) >= 11 is 0. The Labute approximate surface area is 358 Å². The minimum atomic E-state index is -0.346. The zero-order valence-corrected chi connectivity index (χ0v) is 33.5. The summed E-state index contributed by atoms with van der Waals surface area (Å²) in [5.74, 6) is 0.241. The van der Waals surface area contributed by atoms with Crippen molar-refractivity contribution in [3.05, 3.63) is 216 Å².